The second-order valence-electron chi connectivity index (χ2n) is 9.39. The fourth-order valence-corrected chi connectivity index (χ4v) is 4.61. The van der Waals surface area contributed by atoms with E-state index in [0.29, 0.717) is 13.0 Å². The van der Waals surface area contributed by atoms with Crippen molar-refractivity contribution in [1.82, 2.24) is 10.6 Å². The smallest absolute Gasteiger partial charge is 0.185 e. The maximum absolute atomic E-state index is 11.4. The van der Waals surface area contributed by atoms with Crippen molar-refractivity contribution >= 4 is 5.78 Å². The molecular weight excluding hydrogens is 450 g/mol. The summed E-state index contributed by atoms with van der Waals surface area (Å²) in [5.41, 5.74) is 16.2. The van der Waals surface area contributed by atoms with Gasteiger partial charge in [-0.15, -0.1) is 0 Å². The summed E-state index contributed by atoms with van der Waals surface area (Å²) >= 11 is 0. The van der Waals surface area contributed by atoms with Crippen LogP contribution in [0.3, 0.4) is 0 Å². The van der Waals surface area contributed by atoms with Gasteiger partial charge in [-0.1, -0.05) is 6.92 Å². The Morgan fingerprint density at radius 2 is 1.97 bits per heavy atom. The zero-order valence-electron chi connectivity index (χ0n) is 20.2. The maximum Gasteiger partial charge on any atom is 0.185 e. The number of aliphatic hydroxyl groups excluding tert-OH is 3. The maximum atomic E-state index is 11.4. The van der Waals surface area contributed by atoms with Crippen LogP contribution in [0.2, 0.25) is 0 Å². The molecule has 1 aliphatic carbocycles. The minimum Gasteiger partial charge on any atom is -0.388 e. The zero-order valence-corrected chi connectivity index (χ0v) is 20.2. The Kier molecular flexibility index (Phi) is 11.2. The number of carbonyl (C=O) groups excluding carboxylic acids is 1. The minimum absolute atomic E-state index is 0.0938. The third-order valence-electron chi connectivity index (χ3n) is 6.56. The highest BCUT2D eigenvalue weighted by atomic mass is 16.7. The average Bonchev–Trinajstić information content (AvgIpc) is 2.78. The molecule has 0 aromatic carbocycles. The number of Topliss-reactive ketones (excluding diaryl/α,β-unsaturated/α-hetero) is 1. The molecule has 1 aliphatic heterocycles. The highest BCUT2D eigenvalue weighted by Crippen LogP contribution is 2.31. The van der Waals surface area contributed by atoms with Crippen LogP contribution in [0.1, 0.15) is 33.1 Å². The predicted molar refractivity (Wildman–Crippen MR) is 122 cm³/mol. The van der Waals surface area contributed by atoms with Crippen molar-refractivity contribution in [1.29, 1.82) is 0 Å². The molecule has 12 N–H and O–H groups in total. The van der Waals surface area contributed by atoms with Gasteiger partial charge in [0.05, 0.1) is 25.2 Å². The Bertz CT molecular complexity index is 644. The zero-order chi connectivity index (χ0) is 25.6. The lowest BCUT2D eigenvalue weighted by molar-refractivity contribution is -0.303. The molecule has 2 fully saturated rings. The van der Waals surface area contributed by atoms with E-state index in [0.717, 1.165) is 0 Å². The SMILES string of the molecule is CCN[C@@H]1C[C@H](N)[C@@H](OC(O)[C@H](N)CCC(=O)CN)[C@H](O)[C@H]1O[C@H]1OC[C@](C)(O)[C@H](NC)[C@H]1O. The van der Waals surface area contributed by atoms with E-state index < -0.39 is 66.8 Å². The molecule has 200 valence electrons. The Balaban J connectivity index is 2.11. The first-order valence-corrected chi connectivity index (χ1v) is 11.8. The molecule has 13 heteroatoms. The van der Waals surface area contributed by atoms with Gasteiger partial charge < -0.3 is 62.5 Å². The lowest BCUT2D eigenvalue weighted by Crippen LogP contribution is -2.69. The van der Waals surface area contributed by atoms with E-state index in [4.69, 9.17) is 31.4 Å². The molecule has 0 spiro atoms. The van der Waals surface area contributed by atoms with Gasteiger partial charge in [0, 0.05) is 18.5 Å². The lowest BCUT2D eigenvalue weighted by atomic mass is 9.83. The van der Waals surface area contributed by atoms with Gasteiger partial charge in [-0.05, 0) is 33.4 Å². The van der Waals surface area contributed by atoms with Crippen molar-refractivity contribution in [2.24, 2.45) is 17.2 Å². The Morgan fingerprint density at radius 3 is 2.56 bits per heavy atom. The van der Waals surface area contributed by atoms with E-state index in [-0.39, 0.29) is 31.8 Å². The van der Waals surface area contributed by atoms with Crippen LogP contribution in [0.15, 0.2) is 0 Å². The van der Waals surface area contributed by atoms with Crippen LogP contribution in [0.5, 0.6) is 0 Å². The van der Waals surface area contributed by atoms with Crippen molar-refractivity contribution in [3.8, 4) is 0 Å². The normalized spacial score (nSPS) is 40.6. The Morgan fingerprint density at radius 1 is 1.29 bits per heavy atom. The average molecular weight is 494 g/mol. The largest absolute Gasteiger partial charge is 0.388 e. The summed E-state index contributed by atoms with van der Waals surface area (Å²) in [5.74, 6) is -0.191. The van der Waals surface area contributed by atoms with E-state index in [9.17, 15) is 25.2 Å². The van der Waals surface area contributed by atoms with Gasteiger partial charge in [0.15, 0.2) is 12.6 Å². The van der Waals surface area contributed by atoms with Crippen molar-refractivity contribution in [3.05, 3.63) is 0 Å². The fourth-order valence-electron chi connectivity index (χ4n) is 4.61. The molecule has 11 atom stereocenters. The van der Waals surface area contributed by atoms with E-state index >= 15 is 0 Å². The number of hydrogen-bond donors (Lipinski definition) is 9. The number of hydrogen-bond acceptors (Lipinski definition) is 13. The second-order valence-corrected chi connectivity index (χ2v) is 9.39. The van der Waals surface area contributed by atoms with Crippen LogP contribution in [-0.2, 0) is 19.0 Å². The van der Waals surface area contributed by atoms with Gasteiger partial charge in [0.2, 0.25) is 0 Å². The summed E-state index contributed by atoms with van der Waals surface area (Å²) in [6.45, 7) is 3.80. The highest BCUT2D eigenvalue weighted by Gasteiger charge is 2.51. The quantitative estimate of drug-likeness (QED) is 0.118. The summed E-state index contributed by atoms with van der Waals surface area (Å²) in [6.07, 6.45) is -6.49. The molecule has 0 amide bonds. The van der Waals surface area contributed by atoms with E-state index in [1.165, 1.54) is 0 Å². The summed E-state index contributed by atoms with van der Waals surface area (Å²) in [5, 5.41) is 48.8. The summed E-state index contributed by atoms with van der Waals surface area (Å²) < 4.78 is 17.2. The predicted octanol–water partition coefficient (Wildman–Crippen LogP) is -4.16. The standard InChI is InChI=1S/C21H43N5O8/c1-4-26-13-7-12(24)16(33-19(30)11(23)6-5-10(27)8-22)14(28)17(13)34-20-15(29)18(25-3)21(2,31)9-32-20/h11-20,25-26,28-31H,4-9,22-24H2,1-3H3/t11-,12+,13-,14+,15-,16-,17+,18-,19?,20-,21+/m1/s1. The molecule has 0 aromatic rings. The van der Waals surface area contributed by atoms with E-state index in [2.05, 4.69) is 10.6 Å². The summed E-state index contributed by atoms with van der Waals surface area (Å²) in [4.78, 5) is 11.4. The van der Waals surface area contributed by atoms with Gasteiger partial charge in [-0.2, -0.15) is 0 Å². The first-order valence-electron chi connectivity index (χ1n) is 11.8. The van der Waals surface area contributed by atoms with Crippen molar-refractivity contribution in [2.75, 3.05) is 26.7 Å². The van der Waals surface area contributed by atoms with E-state index in [1.807, 2.05) is 6.92 Å². The third kappa shape index (κ3) is 7.12. The van der Waals surface area contributed by atoms with Crippen molar-refractivity contribution in [2.45, 2.75) is 99.9 Å². The van der Waals surface area contributed by atoms with Crippen LogP contribution in [0.25, 0.3) is 0 Å². The Hall–Kier alpha value is -0.810. The molecule has 1 unspecified atom stereocenters. The molecule has 34 heavy (non-hydrogen) atoms. The number of rotatable bonds is 12. The number of carbonyl (C=O) groups is 1. The van der Waals surface area contributed by atoms with Crippen LogP contribution in [0, 0.1) is 0 Å². The highest BCUT2D eigenvalue weighted by molar-refractivity contribution is 5.80. The molecule has 2 aliphatic rings. The molecule has 1 saturated heterocycles. The second kappa shape index (κ2) is 12.9. The molecule has 0 radical (unpaired) electrons. The molecule has 0 aromatic heterocycles. The number of ketones is 1. The molecule has 13 nitrogen and oxygen atoms in total. The van der Waals surface area contributed by atoms with Gasteiger partial charge in [0.25, 0.3) is 0 Å². The van der Waals surface area contributed by atoms with Gasteiger partial charge in [0.1, 0.15) is 35.8 Å². The molecule has 1 saturated carbocycles. The van der Waals surface area contributed by atoms with Crippen LogP contribution in [0.4, 0.5) is 0 Å². The molecule has 0 bridgehead atoms. The first kappa shape index (κ1) is 29.4. The lowest BCUT2D eigenvalue weighted by Gasteiger charge is -2.48. The third-order valence-corrected chi connectivity index (χ3v) is 6.56. The van der Waals surface area contributed by atoms with Crippen molar-refractivity contribution in [3.63, 3.8) is 0 Å². The summed E-state index contributed by atoms with van der Waals surface area (Å²) in [6, 6.07) is -2.67. The monoisotopic (exact) mass is 493 g/mol. The number of aliphatic hydroxyl groups is 4. The van der Waals surface area contributed by atoms with Crippen molar-refractivity contribution < 1.29 is 39.4 Å². The number of ether oxygens (including phenoxy) is 3. The molecule has 2 rings (SSSR count). The van der Waals surface area contributed by atoms with Crippen LogP contribution in [-0.4, -0.2) is 120 Å². The molecule has 1 heterocycles. The topological polar surface area (TPSA) is 228 Å². The van der Waals surface area contributed by atoms with Gasteiger partial charge in [-0.3, -0.25) is 4.79 Å². The van der Waals surface area contributed by atoms with Crippen LogP contribution >= 0.6 is 0 Å². The molecular formula is C21H43N5O8. The number of nitrogens with one attached hydrogen (secondary N) is 2. The Labute approximate surface area is 200 Å². The van der Waals surface area contributed by atoms with Gasteiger partial charge >= 0.3 is 0 Å². The fraction of sp³-hybridized carbons (Fsp3) is 0.952. The van der Waals surface area contributed by atoms with Crippen LogP contribution < -0.4 is 27.8 Å². The summed E-state index contributed by atoms with van der Waals surface area (Å²) in [7, 11) is 1.61. The van der Waals surface area contributed by atoms with Gasteiger partial charge in [-0.25, -0.2) is 0 Å². The number of nitrogens with two attached hydrogens (primary N) is 3. The minimum atomic E-state index is -1.48. The first-order chi connectivity index (χ1) is 16.0. The number of likely N-dealkylation sites (N-methyl/N-ethyl adjacent to an activating group) is 2. The van der Waals surface area contributed by atoms with E-state index in [1.54, 1.807) is 14.0 Å².